The summed E-state index contributed by atoms with van der Waals surface area (Å²) in [5.74, 6) is -0.554. The first-order chi connectivity index (χ1) is 8.93. The van der Waals surface area contributed by atoms with Gasteiger partial charge in [0, 0.05) is 32.2 Å². The first-order valence-electron chi connectivity index (χ1n) is 6.39. The van der Waals surface area contributed by atoms with Crippen molar-refractivity contribution >= 4 is 11.6 Å². The SMILES string of the molecule is CNc1nc(N2CC(C)C(N(C)C)C2)c(F)cc1F. The van der Waals surface area contributed by atoms with Gasteiger partial charge in [0.2, 0.25) is 0 Å². The smallest absolute Gasteiger partial charge is 0.168 e. The molecule has 106 valence electrons. The van der Waals surface area contributed by atoms with Gasteiger partial charge in [-0.2, -0.15) is 0 Å². The van der Waals surface area contributed by atoms with Gasteiger partial charge in [-0.3, -0.25) is 0 Å². The first-order valence-corrected chi connectivity index (χ1v) is 6.39. The van der Waals surface area contributed by atoms with E-state index in [9.17, 15) is 8.78 Å². The van der Waals surface area contributed by atoms with E-state index in [0.29, 0.717) is 18.5 Å². The van der Waals surface area contributed by atoms with E-state index in [1.165, 1.54) is 0 Å². The van der Waals surface area contributed by atoms with Crippen LogP contribution in [0.2, 0.25) is 0 Å². The van der Waals surface area contributed by atoms with E-state index in [2.05, 4.69) is 22.1 Å². The number of pyridine rings is 1. The van der Waals surface area contributed by atoms with Gasteiger partial charge in [-0.05, 0) is 20.0 Å². The third-order valence-corrected chi connectivity index (χ3v) is 3.68. The number of nitrogens with one attached hydrogen (secondary N) is 1. The second-order valence-corrected chi connectivity index (χ2v) is 5.29. The van der Waals surface area contributed by atoms with Crippen LogP contribution in [0.1, 0.15) is 6.92 Å². The molecule has 1 aliphatic rings. The minimum absolute atomic E-state index is 0.0809. The molecule has 0 amide bonds. The van der Waals surface area contributed by atoms with Crippen LogP contribution in [0.4, 0.5) is 20.4 Å². The summed E-state index contributed by atoms with van der Waals surface area (Å²) < 4.78 is 27.3. The molecule has 6 heteroatoms. The van der Waals surface area contributed by atoms with E-state index in [1.807, 2.05) is 19.0 Å². The predicted octanol–water partition coefficient (Wildman–Crippen LogP) is 1.79. The van der Waals surface area contributed by atoms with E-state index in [4.69, 9.17) is 0 Å². The van der Waals surface area contributed by atoms with Crippen molar-refractivity contribution in [2.24, 2.45) is 5.92 Å². The van der Waals surface area contributed by atoms with E-state index >= 15 is 0 Å². The highest BCUT2D eigenvalue weighted by atomic mass is 19.1. The molecule has 1 aromatic heterocycles. The maximum Gasteiger partial charge on any atom is 0.168 e. The molecule has 4 nitrogen and oxygen atoms in total. The summed E-state index contributed by atoms with van der Waals surface area (Å²) in [6.45, 7) is 3.56. The molecule has 2 heterocycles. The van der Waals surface area contributed by atoms with Crippen LogP contribution < -0.4 is 10.2 Å². The molecule has 19 heavy (non-hydrogen) atoms. The quantitative estimate of drug-likeness (QED) is 0.907. The average Bonchev–Trinajstić information content (AvgIpc) is 2.71. The fraction of sp³-hybridized carbons (Fsp3) is 0.615. The molecule has 2 rings (SSSR count). The molecule has 1 fully saturated rings. The predicted molar refractivity (Wildman–Crippen MR) is 72.6 cm³/mol. The lowest BCUT2D eigenvalue weighted by Crippen LogP contribution is -2.34. The Morgan fingerprint density at radius 2 is 2.00 bits per heavy atom. The molecule has 1 aromatic rings. The van der Waals surface area contributed by atoms with Gasteiger partial charge in [0.05, 0.1) is 0 Å². The first kappa shape index (κ1) is 14.0. The van der Waals surface area contributed by atoms with Crippen molar-refractivity contribution in [3.8, 4) is 0 Å². The van der Waals surface area contributed by atoms with Crippen LogP contribution in [0, 0.1) is 17.6 Å². The second-order valence-electron chi connectivity index (χ2n) is 5.29. The lowest BCUT2D eigenvalue weighted by Gasteiger charge is -2.23. The van der Waals surface area contributed by atoms with Gasteiger partial charge in [-0.15, -0.1) is 0 Å². The van der Waals surface area contributed by atoms with Crippen LogP contribution in [0.3, 0.4) is 0 Å². The number of rotatable bonds is 3. The fourth-order valence-corrected chi connectivity index (χ4v) is 2.65. The summed E-state index contributed by atoms with van der Waals surface area (Å²) in [6, 6.07) is 1.24. The number of hydrogen-bond donors (Lipinski definition) is 1. The maximum absolute atomic E-state index is 13.9. The number of aromatic nitrogens is 1. The van der Waals surface area contributed by atoms with Crippen LogP contribution in [-0.2, 0) is 0 Å². The largest absolute Gasteiger partial charge is 0.371 e. The van der Waals surface area contributed by atoms with Gasteiger partial charge in [0.15, 0.2) is 23.3 Å². The number of hydrogen-bond acceptors (Lipinski definition) is 4. The number of anilines is 2. The van der Waals surface area contributed by atoms with Crippen molar-refractivity contribution < 1.29 is 8.78 Å². The Morgan fingerprint density at radius 3 is 2.53 bits per heavy atom. The number of nitrogens with zero attached hydrogens (tertiary/aromatic N) is 3. The molecule has 0 spiro atoms. The Labute approximate surface area is 112 Å². The van der Waals surface area contributed by atoms with Crippen molar-refractivity contribution in [2.75, 3.05) is 44.4 Å². The fourth-order valence-electron chi connectivity index (χ4n) is 2.65. The summed E-state index contributed by atoms with van der Waals surface area (Å²) in [7, 11) is 5.60. The molecule has 0 radical (unpaired) electrons. The van der Waals surface area contributed by atoms with Crippen molar-refractivity contribution in [3.63, 3.8) is 0 Å². The molecular weight excluding hydrogens is 250 g/mol. The lowest BCUT2D eigenvalue weighted by atomic mass is 10.1. The minimum atomic E-state index is -0.667. The maximum atomic E-state index is 13.9. The van der Waals surface area contributed by atoms with Crippen LogP contribution >= 0.6 is 0 Å². The molecule has 2 atom stereocenters. The minimum Gasteiger partial charge on any atom is -0.371 e. The van der Waals surface area contributed by atoms with Crippen LogP contribution in [0.5, 0.6) is 0 Å². The molecule has 0 aliphatic carbocycles. The van der Waals surface area contributed by atoms with Crippen molar-refractivity contribution in [1.82, 2.24) is 9.88 Å². The van der Waals surface area contributed by atoms with Crippen LogP contribution in [0.15, 0.2) is 6.07 Å². The van der Waals surface area contributed by atoms with Crippen LogP contribution in [-0.4, -0.2) is 50.2 Å². The van der Waals surface area contributed by atoms with Crippen LogP contribution in [0.25, 0.3) is 0 Å². The molecule has 1 N–H and O–H groups in total. The highest BCUT2D eigenvalue weighted by Gasteiger charge is 2.33. The summed E-state index contributed by atoms with van der Waals surface area (Å²) in [5, 5.41) is 2.64. The third-order valence-electron chi connectivity index (χ3n) is 3.68. The standard InChI is InChI=1S/C13H20F2N4/c1-8-6-19(7-11(8)18(3)4)13-10(15)5-9(14)12(16-2)17-13/h5,8,11H,6-7H2,1-4H3,(H,16,17). The van der Waals surface area contributed by atoms with Crippen molar-refractivity contribution in [1.29, 1.82) is 0 Å². The summed E-state index contributed by atoms with van der Waals surface area (Å²) in [5.41, 5.74) is 0. The van der Waals surface area contributed by atoms with Gasteiger partial charge in [0.25, 0.3) is 0 Å². The van der Waals surface area contributed by atoms with E-state index in [1.54, 1.807) is 7.05 Å². The Morgan fingerprint density at radius 1 is 1.32 bits per heavy atom. The van der Waals surface area contributed by atoms with Crippen molar-refractivity contribution in [3.05, 3.63) is 17.7 Å². The molecular formula is C13H20F2N4. The zero-order valence-corrected chi connectivity index (χ0v) is 11.7. The number of likely N-dealkylation sites (N-methyl/N-ethyl adjacent to an activating group) is 1. The van der Waals surface area contributed by atoms with E-state index < -0.39 is 11.6 Å². The Bertz CT molecular complexity index is 464. The Hall–Kier alpha value is -1.43. The average molecular weight is 270 g/mol. The zero-order valence-electron chi connectivity index (χ0n) is 11.7. The third kappa shape index (κ3) is 2.63. The van der Waals surface area contributed by atoms with Gasteiger partial charge in [0.1, 0.15) is 0 Å². The lowest BCUT2D eigenvalue weighted by molar-refractivity contribution is 0.266. The highest BCUT2D eigenvalue weighted by Crippen LogP contribution is 2.28. The van der Waals surface area contributed by atoms with E-state index in [0.717, 1.165) is 12.6 Å². The number of halogens is 2. The van der Waals surface area contributed by atoms with Crippen molar-refractivity contribution in [2.45, 2.75) is 13.0 Å². The zero-order chi connectivity index (χ0) is 14.2. The summed E-state index contributed by atoms with van der Waals surface area (Å²) in [4.78, 5) is 8.06. The highest BCUT2D eigenvalue weighted by molar-refractivity contribution is 5.50. The molecule has 0 saturated carbocycles. The Balaban J connectivity index is 2.28. The molecule has 2 unspecified atom stereocenters. The van der Waals surface area contributed by atoms with Gasteiger partial charge in [-0.25, -0.2) is 13.8 Å². The summed E-state index contributed by atoms with van der Waals surface area (Å²) in [6.07, 6.45) is 0. The molecule has 1 aliphatic heterocycles. The van der Waals surface area contributed by atoms with Gasteiger partial charge >= 0.3 is 0 Å². The second kappa shape index (κ2) is 5.28. The topological polar surface area (TPSA) is 31.4 Å². The van der Waals surface area contributed by atoms with Gasteiger partial charge < -0.3 is 15.1 Å². The summed E-state index contributed by atoms with van der Waals surface area (Å²) >= 11 is 0. The molecule has 0 bridgehead atoms. The van der Waals surface area contributed by atoms with Gasteiger partial charge in [-0.1, -0.05) is 6.92 Å². The van der Waals surface area contributed by atoms with E-state index in [-0.39, 0.29) is 11.6 Å². The normalized spacial score (nSPS) is 23.2. The Kier molecular flexibility index (Phi) is 3.89. The molecule has 0 aromatic carbocycles. The molecule has 1 saturated heterocycles. The monoisotopic (exact) mass is 270 g/mol.